The number of nitrogens with one attached hydrogen (secondary N) is 1. The van der Waals surface area contributed by atoms with Crippen molar-refractivity contribution < 1.29 is 0 Å². The summed E-state index contributed by atoms with van der Waals surface area (Å²) >= 11 is 0. The molecule has 0 aliphatic carbocycles. The Morgan fingerprint density at radius 1 is 1.11 bits per heavy atom. The van der Waals surface area contributed by atoms with E-state index in [-0.39, 0.29) is 5.41 Å². The van der Waals surface area contributed by atoms with Crippen molar-refractivity contribution in [3.8, 4) is 0 Å². The van der Waals surface area contributed by atoms with Gasteiger partial charge in [-0.05, 0) is 18.6 Å². The van der Waals surface area contributed by atoms with Crippen LogP contribution in [0.4, 0.5) is 0 Å². The molecule has 1 heterocycles. The van der Waals surface area contributed by atoms with Gasteiger partial charge in [0, 0.05) is 24.7 Å². The average molecular weight is 255 g/mol. The first-order valence-electron chi connectivity index (χ1n) is 6.63. The zero-order valence-electron chi connectivity index (χ0n) is 11.9. The third-order valence-electron chi connectivity index (χ3n) is 3.26. The molecule has 100 valence electrons. The Balaban J connectivity index is 1.92. The summed E-state index contributed by atoms with van der Waals surface area (Å²) in [5.41, 5.74) is 2.50. The highest BCUT2D eigenvalue weighted by molar-refractivity contribution is 5.23. The molecule has 1 N–H and O–H groups in total. The maximum Gasteiger partial charge on any atom is 0.125 e. The van der Waals surface area contributed by atoms with Crippen LogP contribution in [0, 0.1) is 6.92 Å². The first-order valence-corrected chi connectivity index (χ1v) is 6.63. The van der Waals surface area contributed by atoms with Crippen LogP contribution in [-0.4, -0.2) is 16.5 Å². The van der Waals surface area contributed by atoms with Gasteiger partial charge >= 0.3 is 0 Å². The summed E-state index contributed by atoms with van der Waals surface area (Å²) in [5, 5.41) is 3.48. The Hall–Kier alpha value is -1.74. The van der Waals surface area contributed by atoms with E-state index in [1.54, 1.807) is 0 Å². The third-order valence-corrected chi connectivity index (χ3v) is 3.26. The van der Waals surface area contributed by atoms with Crippen LogP contribution in [0.5, 0.6) is 0 Å². The molecule has 2 aromatic rings. The molecule has 0 atom stereocenters. The maximum atomic E-state index is 4.39. The number of aryl methyl sites for hydroxylation is 1. The zero-order valence-corrected chi connectivity index (χ0v) is 11.9. The van der Waals surface area contributed by atoms with Gasteiger partial charge in [0.1, 0.15) is 5.82 Å². The van der Waals surface area contributed by atoms with Gasteiger partial charge in [0.05, 0.1) is 5.69 Å². The van der Waals surface area contributed by atoms with Crippen LogP contribution in [0.25, 0.3) is 0 Å². The van der Waals surface area contributed by atoms with Crippen LogP contribution in [0.1, 0.15) is 30.9 Å². The van der Waals surface area contributed by atoms with Crippen molar-refractivity contribution in [2.24, 2.45) is 0 Å². The van der Waals surface area contributed by atoms with Crippen molar-refractivity contribution in [2.45, 2.75) is 32.7 Å². The highest BCUT2D eigenvalue weighted by atomic mass is 14.9. The highest BCUT2D eigenvalue weighted by Gasteiger charge is 2.19. The Labute approximate surface area is 115 Å². The quantitative estimate of drug-likeness (QED) is 0.892. The predicted octanol–water partition coefficient (Wildman–Crippen LogP) is 2.85. The van der Waals surface area contributed by atoms with Crippen LogP contribution >= 0.6 is 0 Å². The van der Waals surface area contributed by atoms with Gasteiger partial charge in [-0.25, -0.2) is 9.97 Å². The number of hydrogen-bond donors (Lipinski definition) is 1. The molecule has 3 heteroatoms. The topological polar surface area (TPSA) is 37.8 Å². The van der Waals surface area contributed by atoms with E-state index in [1.165, 1.54) is 5.56 Å². The van der Waals surface area contributed by atoms with Crippen LogP contribution in [0.3, 0.4) is 0 Å². The van der Waals surface area contributed by atoms with Crippen LogP contribution in [0.15, 0.2) is 42.6 Å². The molecular weight excluding hydrogens is 234 g/mol. The smallest absolute Gasteiger partial charge is 0.125 e. The standard InChI is InChI=1S/C16H21N3/c1-13-18-10-9-15(19-13)11-17-12-16(2,3)14-7-5-4-6-8-14/h4-10,17H,11-12H2,1-3H3. The molecule has 19 heavy (non-hydrogen) atoms. The molecule has 0 saturated heterocycles. The highest BCUT2D eigenvalue weighted by Crippen LogP contribution is 2.21. The number of rotatable bonds is 5. The monoisotopic (exact) mass is 255 g/mol. The number of benzene rings is 1. The SMILES string of the molecule is Cc1nccc(CNCC(C)(C)c2ccccc2)n1. The van der Waals surface area contributed by atoms with Crippen molar-refractivity contribution in [1.29, 1.82) is 0 Å². The fourth-order valence-electron chi connectivity index (χ4n) is 2.10. The molecule has 0 unspecified atom stereocenters. The Morgan fingerprint density at radius 2 is 1.84 bits per heavy atom. The second-order valence-electron chi connectivity index (χ2n) is 5.45. The molecule has 1 aromatic heterocycles. The summed E-state index contributed by atoms with van der Waals surface area (Å²) < 4.78 is 0. The summed E-state index contributed by atoms with van der Waals surface area (Å²) in [6, 6.07) is 12.5. The summed E-state index contributed by atoms with van der Waals surface area (Å²) in [4.78, 5) is 8.50. The minimum absolute atomic E-state index is 0.114. The molecular formula is C16H21N3. The first-order chi connectivity index (χ1) is 9.08. The lowest BCUT2D eigenvalue weighted by Gasteiger charge is -2.25. The molecule has 3 nitrogen and oxygen atoms in total. The van der Waals surface area contributed by atoms with Gasteiger partial charge in [-0.1, -0.05) is 44.2 Å². The second-order valence-corrected chi connectivity index (χ2v) is 5.45. The zero-order chi connectivity index (χ0) is 13.7. The molecule has 0 aliphatic rings. The number of hydrogen-bond acceptors (Lipinski definition) is 3. The minimum atomic E-state index is 0.114. The van der Waals surface area contributed by atoms with Crippen molar-refractivity contribution in [3.63, 3.8) is 0 Å². The summed E-state index contributed by atoms with van der Waals surface area (Å²) in [6.45, 7) is 8.11. The van der Waals surface area contributed by atoms with Gasteiger partial charge in [0.15, 0.2) is 0 Å². The van der Waals surface area contributed by atoms with Crippen LogP contribution in [-0.2, 0) is 12.0 Å². The van der Waals surface area contributed by atoms with E-state index in [0.29, 0.717) is 0 Å². The van der Waals surface area contributed by atoms with Gasteiger partial charge < -0.3 is 5.32 Å². The van der Waals surface area contributed by atoms with E-state index < -0.39 is 0 Å². The summed E-state index contributed by atoms with van der Waals surface area (Å²) in [5.74, 6) is 0.821. The summed E-state index contributed by atoms with van der Waals surface area (Å²) in [7, 11) is 0. The summed E-state index contributed by atoms with van der Waals surface area (Å²) in [6.07, 6.45) is 1.81. The van der Waals surface area contributed by atoms with Crippen molar-refractivity contribution in [2.75, 3.05) is 6.54 Å². The second kappa shape index (κ2) is 5.93. The number of aromatic nitrogens is 2. The Morgan fingerprint density at radius 3 is 2.53 bits per heavy atom. The molecule has 0 fully saturated rings. The fraction of sp³-hybridized carbons (Fsp3) is 0.375. The van der Waals surface area contributed by atoms with Crippen molar-refractivity contribution >= 4 is 0 Å². The Bertz CT molecular complexity index is 521. The Kier molecular flexibility index (Phi) is 4.27. The van der Waals surface area contributed by atoms with E-state index in [2.05, 4.69) is 59.5 Å². The lowest BCUT2D eigenvalue weighted by molar-refractivity contribution is 0.466. The van der Waals surface area contributed by atoms with Gasteiger partial charge in [0.2, 0.25) is 0 Å². The molecule has 0 amide bonds. The molecule has 0 aliphatic heterocycles. The average Bonchev–Trinajstić information content (AvgIpc) is 2.40. The van der Waals surface area contributed by atoms with E-state index >= 15 is 0 Å². The van der Waals surface area contributed by atoms with Gasteiger partial charge in [-0.2, -0.15) is 0 Å². The van der Waals surface area contributed by atoms with Gasteiger partial charge in [0.25, 0.3) is 0 Å². The molecule has 1 aromatic carbocycles. The van der Waals surface area contributed by atoms with E-state index in [9.17, 15) is 0 Å². The van der Waals surface area contributed by atoms with Crippen molar-refractivity contribution in [3.05, 3.63) is 59.7 Å². The van der Waals surface area contributed by atoms with Crippen LogP contribution < -0.4 is 5.32 Å². The predicted molar refractivity (Wildman–Crippen MR) is 77.9 cm³/mol. The van der Waals surface area contributed by atoms with E-state index in [0.717, 1.165) is 24.6 Å². The third kappa shape index (κ3) is 3.86. The van der Waals surface area contributed by atoms with E-state index in [1.807, 2.05) is 19.2 Å². The minimum Gasteiger partial charge on any atom is -0.310 e. The molecule has 0 saturated carbocycles. The lowest BCUT2D eigenvalue weighted by Crippen LogP contribution is -2.32. The largest absolute Gasteiger partial charge is 0.310 e. The molecule has 2 rings (SSSR count). The maximum absolute atomic E-state index is 4.39. The lowest BCUT2D eigenvalue weighted by atomic mass is 9.84. The fourth-order valence-corrected chi connectivity index (χ4v) is 2.10. The molecule has 0 bridgehead atoms. The van der Waals surface area contributed by atoms with Crippen molar-refractivity contribution in [1.82, 2.24) is 15.3 Å². The van der Waals surface area contributed by atoms with Gasteiger partial charge in [-0.15, -0.1) is 0 Å². The van der Waals surface area contributed by atoms with Crippen LogP contribution in [0.2, 0.25) is 0 Å². The van der Waals surface area contributed by atoms with Gasteiger partial charge in [-0.3, -0.25) is 0 Å². The normalized spacial score (nSPS) is 11.5. The molecule has 0 spiro atoms. The number of nitrogens with zero attached hydrogens (tertiary/aromatic N) is 2. The first kappa shape index (κ1) is 13.7. The van der Waals surface area contributed by atoms with E-state index in [4.69, 9.17) is 0 Å². The molecule has 0 radical (unpaired) electrons.